The van der Waals surface area contributed by atoms with Crippen molar-refractivity contribution in [3.63, 3.8) is 0 Å². The van der Waals surface area contributed by atoms with Crippen molar-refractivity contribution in [3.8, 4) is 6.07 Å². The van der Waals surface area contributed by atoms with E-state index in [1.807, 2.05) is 31.2 Å². The molecular weight excluding hydrogens is 331 g/mol. The van der Waals surface area contributed by atoms with Crippen molar-refractivity contribution in [2.75, 3.05) is 23.8 Å². The maximum absolute atomic E-state index is 13.0. The average molecular weight is 348 g/mol. The van der Waals surface area contributed by atoms with Gasteiger partial charge in [0.05, 0.1) is 6.54 Å². The van der Waals surface area contributed by atoms with E-state index < -0.39 is 0 Å². The SMILES string of the molecule is Cc1nc(NCC(=O)N(C)c2ccc(F)cc2)c(C#N)c2ccccc12. The van der Waals surface area contributed by atoms with E-state index in [0.29, 0.717) is 17.1 Å². The van der Waals surface area contributed by atoms with Crippen LogP contribution < -0.4 is 10.2 Å². The number of aromatic nitrogens is 1. The Morgan fingerprint density at radius 2 is 1.85 bits per heavy atom. The monoisotopic (exact) mass is 348 g/mol. The number of nitrogens with one attached hydrogen (secondary N) is 1. The number of anilines is 2. The number of nitriles is 1. The number of carbonyl (C=O) groups is 1. The van der Waals surface area contributed by atoms with Crippen LogP contribution in [0.3, 0.4) is 0 Å². The lowest BCUT2D eigenvalue weighted by Crippen LogP contribution is -2.32. The minimum Gasteiger partial charge on any atom is -0.360 e. The molecule has 0 radical (unpaired) electrons. The first kappa shape index (κ1) is 17.4. The van der Waals surface area contributed by atoms with Crippen LogP contribution in [0.25, 0.3) is 10.8 Å². The van der Waals surface area contributed by atoms with Gasteiger partial charge < -0.3 is 10.2 Å². The average Bonchev–Trinajstić information content (AvgIpc) is 2.66. The number of benzene rings is 2. The molecule has 6 heteroatoms. The van der Waals surface area contributed by atoms with E-state index in [0.717, 1.165) is 16.5 Å². The number of nitrogens with zero attached hydrogens (tertiary/aromatic N) is 3. The van der Waals surface area contributed by atoms with Gasteiger partial charge in [0.2, 0.25) is 5.91 Å². The van der Waals surface area contributed by atoms with Crippen molar-refractivity contribution in [1.82, 2.24) is 4.98 Å². The van der Waals surface area contributed by atoms with Crippen LogP contribution in [0, 0.1) is 24.1 Å². The summed E-state index contributed by atoms with van der Waals surface area (Å²) in [5.41, 5.74) is 1.77. The van der Waals surface area contributed by atoms with Gasteiger partial charge >= 0.3 is 0 Å². The van der Waals surface area contributed by atoms with Crippen molar-refractivity contribution in [2.24, 2.45) is 0 Å². The zero-order valence-electron chi connectivity index (χ0n) is 14.5. The summed E-state index contributed by atoms with van der Waals surface area (Å²) in [4.78, 5) is 18.3. The summed E-state index contributed by atoms with van der Waals surface area (Å²) in [6, 6.07) is 15.4. The zero-order valence-corrected chi connectivity index (χ0v) is 14.5. The first-order valence-electron chi connectivity index (χ1n) is 8.06. The Labute approximate surface area is 150 Å². The molecule has 1 amide bonds. The summed E-state index contributed by atoms with van der Waals surface area (Å²) in [5.74, 6) is -0.208. The largest absolute Gasteiger partial charge is 0.360 e. The van der Waals surface area contributed by atoms with Gasteiger partial charge in [-0.15, -0.1) is 0 Å². The molecule has 0 unspecified atom stereocenters. The van der Waals surface area contributed by atoms with Crippen LogP contribution in [0.1, 0.15) is 11.3 Å². The second-order valence-corrected chi connectivity index (χ2v) is 5.86. The van der Waals surface area contributed by atoms with Crippen molar-refractivity contribution < 1.29 is 9.18 Å². The Balaban J connectivity index is 1.82. The Bertz CT molecular complexity index is 1010. The van der Waals surface area contributed by atoms with Crippen LogP contribution in [-0.2, 0) is 4.79 Å². The molecule has 0 saturated carbocycles. The van der Waals surface area contributed by atoms with Gasteiger partial charge in [-0.3, -0.25) is 4.79 Å². The van der Waals surface area contributed by atoms with Gasteiger partial charge in [-0.05, 0) is 31.2 Å². The van der Waals surface area contributed by atoms with Crippen LogP contribution >= 0.6 is 0 Å². The number of aryl methyl sites for hydroxylation is 1. The van der Waals surface area contributed by atoms with E-state index in [4.69, 9.17) is 0 Å². The number of hydrogen-bond acceptors (Lipinski definition) is 4. The number of amides is 1. The molecule has 3 aromatic rings. The predicted molar refractivity (Wildman–Crippen MR) is 99.5 cm³/mol. The molecule has 1 N–H and O–H groups in total. The van der Waals surface area contributed by atoms with Crippen LogP contribution in [0.5, 0.6) is 0 Å². The van der Waals surface area contributed by atoms with Gasteiger partial charge in [-0.25, -0.2) is 9.37 Å². The summed E-state index contributed by atoms with van der Waals surface area (Å²) in [6.45, 7) is 1.83. The number of pyridine rings is 1. The van der Waals surface area contributed by atoms with Gasteiger partial charge in [-0.2, -0.15) is 5.26 Å². The van der Waals surface area contributed by atoms with Crippen molar-refractivity contribution in [1.29, 1.82) is 5.26 Å². The van der Waals surface area contributed by atoms with Crippen molar-refractivity contribution >= 4 is 28.2 Å². The molecule has 0 bridgehead atoms. The molecule has 1 aromatic heterocycles. The second kappa shape index (κ2) is 7.19. The molecule has 130 valence electrons. The predicted octanol–water partition coefficient (Wildman–Crippen LogP) is 3.63. The highest BCUT2D eigenvalue weighted by Gasteiger charge is 2.15. The molecule has 5 nitrogen and oxygen atoms in total. The Morgan fingerprint density at radius 1 is 1.19 bits per heavy atom. The van der Waals surface area contributed by atoms with Crippen molar-refractivity contribution in [3.05, 3.63) is 65.6 Å². The maximum Gasteiger partial charge on any atom is 0.246 e. The van der Waals surface area contributed by atoms with E-state index in [9.17, 15) is 14.4 Å². The molecule has 0 aliphatic rings. The molecule has 2 aromatic carbocycles. The minimum atomic E-state index is -0.359. The molecule has 0 aliphatic carbocycles. The van der Waals surface area contributed by atoms with E-state index in [1.165, 1.54) is 29.2 Å². The maximum atomic E-state index is 13.0. The Morgan fingerprint density at radius 3 is 2.50 bits per heavy atom. The first-order chi connectivity index (χ1) is 12.5. The van der Waals surface area contributed by atoms with E-state index in [-0.39, 0.29) is 18.3 Å². The quantitative estimate of drug-likeness (QED) is 0.782. The second-order valence-electron chi connectivity index (χ2n) is 5.86. The molecule has 0 aliphatic heterocycles. The molecule has 0 saturated heterocycles. The summed E-state index contributed by atoms with van der Waals surface area (Å²) in [7, 11) is 1.61. The van der Waals surface area contributed by atoms with E-state index in [1.54, 1.807) is 7.05 Å². The molecule has 0 spiro atoms. The number of likely N-dealkylation sites (N-methyl/N-ethyl adjacent to an activating group) is 1. The minimum absolute atomic E-state index is 0.0344. The highest BCUT2D eigenvalue weighted by atomic mass is 19.1. The Hall–Kier alpha value is -3.46. The molecule has 26 heavy (non-hydrogen) atoms. The number of carbonyl (C=O) groups excluding carboxylic acids is 1. The molecule has 0 atom stereocenters. The number of halogens is 1. The van der Waals surface area contributed by atoms with Crippen molar-refractivity contribution in [2.45, 2.75) is 6.92 Å². The smallest absolute Gasteiger partial charge is 0.246 e. The van der Waals surface area contributed by atoms with Crippen LogP contribution in [0.4, 0.5) is 15.9 Å². The van der Waals surface area contributed by atoms with Crippen LogP contribution in [-0.4, -0.2) is 24.5 Å². The third-order valence-corrected chi connectivity index (χ3v) is 4.21. The Kier molecular flexibility index (Phi) is 4.81. The third-order valence-electron chi connectivity index (χ3n) is 4.21. The number of hydrogen-bond donors (Lipinski definition) is 1. The molecule has 1 heterocycles. The fraction of sp³-hybridized carbons (Fsp3) is 0.150. The fourth-order valence-corrected chi connectivity index (χ4v) is 2.76. The number of rotatable bonds is 4. The summed E-state index contributed by atoms with van der Waals surface area (Å²) >= 11 is 0. The normalized spacial score (nSPS) is 10.4. The van der Waals surface area contributed by atoms with E-state index >= 15 is 0 Å². The molecule has 0 fully saturated rings. The summed E-state index contributed by atoms with van der Waals surface area (Å²) < 4.78 is 13.0. The lowest BCUT2D eigenvalue weighted by atomic mass is 10.1. The highest BCUT2D eigenvalue weighted by molar-refractivity contribution is 5.97. The zero-order chi connectivity index (χ0) is 18.7. The molecule has 3 rings (SSSR count). The topological polar surface area (TPSA) is 69.0 Å². The van der Waals surface area contributed by atoms with Gasteiger partial charge in [0, 0.05) is 29.2 Å². The van der Waals surface area contributed by atoms with Gasteiger partial charge in [0.25, 0.3) is 0 Å². The number of fused-ring (bicyclic) bond motifs is 1. The summed E-state index contributed by atoms with van der Waals surface area (Å²) in [6.07, 6.45) is 0. The fourth-order valence-electron chi connectivity index (χ4n) is 2.76. The first-order valence-corrected chi connectivity index (χ1v) is 8.06. The van der Waals surface area contributed by atoms with Crippen LogP contribution in [0.2, 0.25) is 0 Å². The lowest BCUT2D eigenvalue weighted by molar-refractivity contribution is -0.116. The lowest BCUT2D eigenvalue weighted by Gasteiger charge is -2.18. The molecular formula is C20H17FN4O. The van der Waals surface area contributed by atoms with Gasteiger partial charge in [0.1, 0.15) is 23.3 Å². The third kappa shape index (κ3) is 3.33. The van der Waals surface area contributed by atoms with Gasteiger partial charge in [0.15, 0.2) is 0 Å². The van der Waals surface area contributed by atoms with E-state index in [2.05, 4.69) is 16.4 Å². The van der Waals surface area contributed by atoms with Gasteiger partial charge in [-0.1, -0.05) is 24.3 Å². The highest BCUT2D eigenvalue weighted by Crippen LogP contribution is 2.26. The van der Waals surface area contributed by atoms with Crippen LogP contribution in [0.15, 0.2) is 48.5 Å². The summed E-state index contributed by atoms with van der Waals surface area (Å²) in [5, 5.41) is 14.2. The standard InChI is InChI=1S/C20H17FN4O/c1-13-16-5-3-4-6-17(16)18(11-22)20(24-13)23-12-19(26)25(2)15-9-7-14(21)8-10-15/h3-10H,12H2,1-2H3,(H,23,24).